The van der Waals surface area contributed by atoms with Gasteiger partial charge in [0.15, 0.2) is 5.78 Å². The van der Waals surface area contributed by atoms with Crippen molar-refractivity contribution >= 4 is 52.0 Å². The van der Waals surface area contributed by atoms with Crippen molar-refractivity contribution in [3.8, 4) is 11.3 Å². The first-order chi connectivity index (χ1) is 31.7. The van der Waals surface area contributed by atoms with Crippen molar-refractivity contribution in [2.75, 3.05) is 18.4 Å². The van der Waals surface area contributed by atoms with E-state index in [2.05, 4.69) is 10.3 Å². The Morgan fingerprint density at radius 2 is 1.15 bits per heavy atom. The van der Waals surface area contributed by atoms with E-state index in [1.807, 2.05) is 36.4 Å². The van der Waals surface area contributed by atoms with E-state index in [9.17, 15) is 37.5 Å². The molecule has 7 rings (SSSR count). The van der Waals surface area contributed by atoms with E-state index in [4.69, 9.17) is 9.47 Å². The van der Waals surface area contributed by atoms with Crippen molar-refractivity contribution < 1.29 is 47.0 Å². The lowest BCUT2D eigenvalue weighted by Gasteiger charge is -2.29. The van der Waals surface area contributed by atoms with Gasteiger partial charge in [-0.15, -0.1) is 0 Å². The number of anilines is 1. The largest absolute Gasteiger partial charge is 0.460 e. The molecule has 3 heterocycles. The van der Waals surface area contributed by atoms with E-state index in [1.54, 1.807) is 58.6 Å². The molecule has 67 heavy (non-hydrogen) atoms. The van der Waals surface area contributed by atoms with Crippen LogP contribution in [-0.4, -0.2) is 86.6 Å². The molecule has 352 valence electrons. The minimum Gasteiger partial charge on any atom is -0.460 e. The molecule has 0 saturated carbocycles. The number of halogens is 2. The number of hydrogen-bond acceptors (Lipinski definition) is 8. The van der Waals surface area contributed by atoms with Crippen molar-refractivity contribution in [2.45, 2.75) is 122 Å². The van der Waals surface area contributed by atoms with Crippen LogP contribution in [0.4, 0.5) is 14.5 Å². The fourth-order valence-electron chi connectivity index (χ4n) is 8.98. The Morgan fingerprint density at radius 3 is 1.66 bits per heavy atom. The number of nitrogens with zero attached hydrogens (tertiary/aromatic N) is 2. The van der Waals surface area contributed by atoms with Gasteiger partial charge in [-0.25, -0.2) is 8.78 Å². The Balaban J connectivity index is 0.994. The summed E-state index contributed by atoms with van der Waals surface area (Å²) in [6.45, 7) is 11.1. The standard InChI is InChI=1S/C53H58F2N4O8/c1-52(2,3)66-47(61)30-40(33-12-18-37(54)19-13-33)50(64)58-25-7-9-44(58)46(60)28-32-11-24-42-36(27-32)29-43(57-42)35-16-22-39(23-17-35)56-49(63)45-10-8-26-59(45)51(65)41(31-48(62)67-53(4,5)6)34-14-20-38(55)21-15-34/h11-24,27,29,40-41,44-45,57H,7-10,25-26,28,30-31H2,1-6H3,(H,56,63)/t40-,41-,44+,45+/m1/s1. The van der Waals surface area contributed by atoms with Crippen molar-refractivity contribution in [3.05, 3.63) is 125 Å². The van der Waals surface area contributed by atoms with Crippen LogP contribution in [0.2, 0.25) is 0 Å². The molecule has 0 unspecified atom stereocenters. The van der Waals surface area contributed by atoms with Crippen LogP contribution in [0, 0.1) is 11.6 Å². The van der Waals surface area contributed by atoms with Gasteiger partial charge in [0.1, 0.15) is 28.9 Å². The molecule has 2 N–H and O–H groups in total. The smallest absolute Gasteiger partial charge is 0.307 e. The predicted octanol–water partition coefficient (Wildman–Crippen LogP) is 9.18. The molecule has 4 aromatic carbocycles. The number of aromatic nitrogens is 1. The van der Waals surface area contributed by atoms with E-state index >= 15 is 0 Å². The number of fused-ring (bicyclic) bond motifs is 1. The van der Waals surface area contributed by atoms with Gasteiger partial charge in [0.05, 0.1) is 30.7 Å². The first-order valence-corrected chi connectivity index (χ1v) is 22.8. The lowest BCUT2D eigenvalue weighted by Crippen LogP contribution is -2.45. The Labute approximate surface area is 389 Å². The zero-order valence-corrected chi connectivity index (χ0v) is 38.8. The number of likely N-dealkylation sites (tertiary alicyclic amines) is 2. The van der Waals surface area contributed by atoms with Crippen LogP contribution in [0.3, 0.4) is 0 Å². The highest BCUT2D eigenvalue weighted by atomic mass is 19.1. The summed E-state index contributed by atoms with van der Waals surface area (Å²) in [6, 6.07) is 24.4. The number of benzene rings is 4. The Kier molecular flexibility index (Phi) is 14.4. The second-order valence-corrected chi connectivity index (χ2v) is 19.5. The number of carbonyl (C=O) groups is 6. The molecular formula is C53H58F2N4O8. The quantitative estimate of drug-likeness (QED) is 0.105. The molecule has 2 aliphatic rings. The maximum atomic E-state index is 14.1. The summed E-state index contributed by atoms with van der Waals surface area (Å²) in [5.41, 5.74) is 3.21. The third-order valence-corrected chi connectivity index (χ3v) is 12.0. The Hall–Kier alpha value is -6.70. The summed E-state index contributed by atoms with van der Waals surface area (Å²) in [5.74, 6) is -5.23. The van der Waals surface area contributed by atoms with E-state index < -0.39 is 64.6 Å². The second-order valence-electron chi connectivity index (χ2n) is 19.5. The van der Waals surface area contributed by atoms with Crippen LogP contribution in [0.25, 0.3) is 22.2 Å². The molecule has 2 saturated heterocycles. The molecule has 0 radical (unpaired) electrons. The number of aromatic amines is 1. The average Bonchev–Trinajstić information content (AvgIpc) is 4.05. The normalized spacial score (nSPS) is 17.3. The van der Waals surface area contributed by atoms with Gasteiger partial charge >= 0.3 is 11.9 Å². The number of H-pyrrole nitrogens is 1. The topological polar surface area (TPSA) is 155 Å². The Bertz CT molecular complexity index is 2630. The lowest BCUT2D eigenvalue weighted by atomic mass is 9.93. The molecule has 4 atom stereocenters. The molecular weight excluding hydrogens is 859 g/mol. The summed E-state index contributed by atoms with van der Waals surface area (Å²) in [5, 5.41) is 3.83. The van der Waals surface area contributed by atoms with Gasteiger partial charge in [0.25, 0.3) is 0 Å². The van der Waals surface area contributed by atoms with Crippen LogP contribution in [0.1, 0.15) is 109 Å². The lowest BCUT2D eigenvalue weighted by molar-refractivity contribution is -0.158. The van der Waals surface area contributed by atoms with Crippen LogP contribution >= 0.6 is 0 Å². The molecule has 14 heteroatoms. The van der Waals surface area contributed by atoms with Crippen molar-refractivity contribution in [1.82, 2.24) is 14.8 Å². The molecule has 2 fully saturated rings. The van der Waals surface area contributed by atoms with E-state index in [-0.39, 0.29) is 36.9 Å². The summed E-state index contributed by atoms with van der Waals surface area (Å²) in [7, 11) is 0. The monoisotopic (exact) mass is 916 g/mol. The minimum atomic E-state index is -0.962. The first-order valence-electron chi connectivity index (χ1n) is 22.8. The third-order valence-electron chi connectivity index (χ3n) is 12.0. The molecule has 3 amide bonds. The highest BCUT2D eigenvalue weighted by molar-refractivity contribution is 6.00. The van der Waals surface area contributed by atoms with Crippen molar-refractivity contribution in [3.63, 3.8) is 0 Å². The van der Waals surface area contributed by atoms with Crippen LogP contribution in [0.15, 0.2) is 97.1 Å². The fraction of sp³-hybridized carbons (Fsp3) is 0.396. The number of hydrogen-bond donors (Lipinski definition) is 2. The summed E-state index contributed by atoms with van der Waals surface area (Å²) in [4.78, 5) is 88.2. The van der Waals surface area contributed by atoms with Gasteiger partial charge in [-0.05, 0) is 144 Å². The fourth-order valence-corrected chi connectivity index (χ4v) is 8.98. The molecule has 0 aliphatic carbocycles. The number of ketones is 1. The molecule has 0 bridgehead atoms. The minimum absolute atomic E-state index is 0.0905. The third kappa shape index (κ3) is 12.2. The van der Waals surface area contributed by atoms with Gasteiger partial charge in [0.2, 0.25) is 17.7 Å². The first kappa shape index (κ1) is 48.2. The van der Waals surface area contributed by atoms with Gasteiger partial charge in [0, 0.05) is 41.8 Å². The number of Topliss-reactive ketones (excluding diaryl/α,β-unsaturated/α-hetero) is 1. The molecule has 2 aliphatic heterocycles. The van der Waals surface area contributed by atoms with Gasteiger partial charge < -0.3 is 29.6 Å². The zero-order chi connectivity index (χ0) is 48.2. The highest BCUT2D eigenvalue weighted by Crippen LogP contribution is 2.33. The van der Waals surface area contributed by atoms with Gasteiger partial charge in [-0.1, -0.05) is 42.5 Å². The summed E-state index contributed by atoms with van der Waals surface area (Å²) >= 11 is 0. The summed E-state index contributed by atoms with van der Waals surface area (Å²) < 4.78 is 38.8. The molecule has 1 aromatic heterocycles. The van der Waals surface area contributed by atoms with Crippen molar-refractivity contribution in [2.24, 2.45) is 0 Å². The number of esters is 2. The second kappa shape index (κ2) is 20.0. The van der Waals surface area contributed by atoms with Crippen molar-refractivity contribution in [1.29, 1.82) is 0 Å². The van der Waals surface area contributed by atoms with E-state index in [0.29, 0.717) is 55.6 Å². The molecule has 12 nitrogen and oxygen atoms in total. The van der Waals surface area contributed by atoms with Gasteiger partial charge in [-0.3, -0.25) is 28.8 Å². The van der Waals surface area contributed by atoms with Gasteiger partial charge in [-0.2, -0.15) is 0 Å². The Morgan fingerprint density at radius 1 is 0.657 bits per heavy atom. The number of rotatable bonds is 14. The van der Waals surface area contributed by atoms with Crippen LogP contribution < -0.4 is 5.32 Å². The van der Waals surface area contributed by atoms with E-state index in [1.165, 1.54) is 53.4 Å². The molecule has 5 aromatic rings. The number of carbonyl (C=O) groups excluding carboxylic acids is 6. The zero-order valence-electron chi connectivity index (χ0n) is 38.8. The van der Waals surface area contributed by atoms with E-state index in [0.717, 1.165) is 27.7 Å². The maximum Gasteiger partial charge on any atom is 0.307 e. The summed E-state index contributed by atoms with van der Waals surface area (Å²) in [6.07, 6.45) is 1.74. The average molecular weight is 917 g/mol. The van der Waals surface area contributed by atoms with Crippen LogP contribution in [-0.2, 0) is 44.7 Å². The number of amides is 3. The number of ether oxygens (including phenoxy) is 2. The molecule has 0 spiro atoms. The SMILES string of the molecule is CC(C)(C)OC(=O)C[C@@H](C(=O)N1CCC[C@H]1C(=O)Cc1ccc2[nH]c(-c3ccc(NC(=O)[C@@H]4CCCN4C(=O)[C@H](CC(=O)OC(C)(C)C)c4ccc(F)cc4)cc3)cc2c1)c1ccc(F)cc1. The van der Waals surface area contributed by atoms with Crippen LogP contribution in [0.5, 0.6) is 0 Å². The number of nitrogens with one attached hydrogen (secondary N) is 2. The maximum absolute atomic E-state index is 14.1. The predicted molar refractivity (Wildman–Crippen MR) is 250 cm³/mol. The highest BCUT2D eigenvalue weighted by Gasteiger charge is 2.40.